The van der Waals surface area contributed by atoms with Gasteiger partial charge in [0.2, 0.25) is 0 Å². The third-order valence-electron chi connectivity index (χ3n) is 2.89. The topological polar surface area (TPSA) is 26.0 Å². The Morgan fingerprint density at radius 2 is 1.83 bits per heavy atom. The fourth-order valence-electron chi connectivity index (χ4n) is 1.55. The number of hydrogen-bond donors (Lipinski definition) is 1. The van der Waals surface area contributed by atoms with Crippen molar-refractivity contribution in [3.8, 4) is 0 Å². The molecule has 1 nitrogen and oxygen atoms in total. The molecule has 0 amide bonds. The number of nitrogens with two attached hydrogens (primary N) is 1. The molecule has 0 saturated heterocycles. The summed E-state index contributed by atoms with van der Waals surface area (Å²) in [4.78, 5) is 0. The first-order chi connectivity index (χ1) is 7.75. The molecule has 0 aromatic heterocycles. The van der Waals surface area contributed by atoms with Gasteiger partial charge in [0.05, 0.1) is 5.56 Å². The Balaban J connectivity index is 0.00000289. The Bertz CT molecular complexity index is 395. The zero-order valence-corrected chi connectivity index (χ0v) is 12.5. The summed E-state index contributed by atoms with van der Waals surface area (Å²) in [5.74, 6) is 0.144. The lowest BCUT2D eigenvalue weighted by atomic mass is 9.92. The van der Waals surface area contributed by atoms with Crippen molar-refractivity contribution in [1.29, 1.82) is 0 Å². The lowest BCUT2D eigenvalue weighted by Crippen LogP contribution is -2.19. The SMILES string of the molecule is CCC(C)[C@H](N)c1cc(Br)cc(C(F)(F)F)c1.Cl. The van der Waals surface area contributed by atoms with Gasteiger partial charge in [-0.15, -0.1) is 12.4 Å². The van der Waals surface area contributed by atoms with Gasteiger partial charge < -0.3 is 5.73 Å². The predicted octanol–water partition coefficient (Wildman–Crippen LogP) is 4.94. The highest BCUT2D eigenvalue weighted by Gasteiger charge is 2.31. The fourth-order valence-corrected chi connectivity index (χ4v) is 2.06. The maximum atomic E-state index is 12.6. The molecule has 1 rings (SSSR count). The van der Waals surface area contributed by atoms with E-state index in [1.54, 1.807) is 6.07 Å². The van der Waals surface area contributed by atoms with Gasteiger partial charge in [0.25, 0.3) is 0 Å². The maximum absolute atomic E-state index is 12.6. The first-order valence-corrected chi connectivity index (χ1v) is 6.18. The van der Waals surface area contributed by atoms with Crippen molar-refractivity contribution in [2.75, 3.05) is 0 Å². The number of rotatable bonds is 3. The van der Waals surface area contributed by atoms with Gasteiger partial charge in [0.1, 0.15) is 0 Å². The van der Waals surface area contributed by atoms with E-state index in [0.717, 1.165) is 18.6 Å². The van der Waals surface area contributed by atoms with Crippen molar-refractivity contribution in [2.45, 2.75) is 32.5 Å². The summed E-state index contributed by atoms with van der Waals surface area (Å²) in [5, 5.41) is 0. The van der Waals surface area contributed by atoms with E-state index in [-0.39, 0.29) is 24.4 Å². The Labute approximate surface area is 119 Å². The third-order valence-corrected chi connectivity index (χ3v) is 3.35. The molecule has 0 bridgehead atoms. The molecule has 1 unspecified atom stereocenters. The van der Waals surface area contributed by atoms with Gasteiger partial charge in [-0.2, -0.15) is 13.2 Å². The van der Waals surface area contributed by atoms with Gasteiger partial charge in [0, 0.05) is 10.5 Å². The van der Waals surface area contributed by atoms with Crippen LogP contribution in [0.2, 0.25) is 0 Å². The average molecular weight is 347 g/mol. The van der Waals surface area contributed by atoms with E-state index in [2.05, 4.69) is 15.9 Å². The van der Waals surface area contributed by atoms with Crippen LogP contribution in [0.5, 0.6) is 0 Å². The highest BCUT2D eigenvalue weighted by atomic mass is 79.9. The highest BCUT2D eigenvalue weighted by Crippen LogP contribution is 2.34. The van der Waals surface area contributed by atoms with Crippen LogP contribution < -0.4 is 5.73 Å². The van der Waals surface area contributed by atoms with Crippen molar-refractivity contribution < 1.29 is 13.2 Å². The molecule has 1 aromatic carbocycles. The van der Waals surface area contributed by atoms with E-state index in [4.69, 9.17) is 5.73 Å². The van der Waals surface area contributed by atoms with Crippen LogP contribution in [0.1, 0.15) is 37.4 Å². The van der Waals surface area contributed by atoms with Gasteiger partial charge >= 0.3 is 6.18 Å². The van der Waals surface area contributed by atoms with Gasteiger partial charge in [0.15, 0.2) is 0 Å². The first-order valence-electron chi connectivity index (χ1n) is 5.39. The molecule has 18 heavy (non-hydrogen) atoms. The maximum Gasteiger partial charge on any atom is 0.416 e. The van der Waals surface area contributed by atoms with E-state index < -0.39 is 11.7 Å². The van der Waals surface area contributed by atoms with Crippen LogP contribution in [0.25, 0.3) is 0 Å². The van der Waals surface area contributed by atoms with E-state index >= 15 is 0 Å². The molecule has 1 aromatic rings. The minimum atomic E-state index is -4.34. The molecule has 0 aliphatic carbocycles. The zero-order chi connectivity index (χ0) is 13.2. The summed E-state index contributed by atoms with van der Waals surface area (Å²) in [7, 11) is 0. The van der Waals surface area contributed by atoms with Crippen LogP contribution in [0, 0.1) is 5.92 Å². The molecule has 0 fully saturated rings. The molecular formula is C12H16BrClF3N. The largest absolute Gasteiger partial charge is 0.416 e. The number of hydrogen-bond acceptors (Lipinski definition) is 1. The molecule has 2 N–H and O–H groups in total. The van der Waals surface area contributed by atoms with E-state index in [0.29, 0.717) is 10.0 Å². The number of halogens is 5. The van der Waals surface area contributed by atoms with E-state index in [9.17, 15) is 13.2 Å². The standard InChI is InChI=1S/C12H15BrF3N.ClH/c1-3-7(2)11(17)8-4-9(12(14,15)16)6-10(13)5-8;/h4-7,11H,3,17H2,1-2H3;1H/t7?,11-;/m0./s1. The van der Waals surface area contributed by atoms with Crippen LogP contribution in [0.15, 0.2) is 22.7 Å². The van der Waals surface area contributed by atoms with Crippen molar-refractivity contribution in [3.63, 3.8) is 0 Å². The smallest absolute Gasteiger partial charge is 0.324 e. The first kappa shape index (κ1) is 17.7. The second-order valence-electron chi connectivity index (χ2n) is 4.18. The van der Waals surface area contributed by atoms with Gasteiger partial charge in [-0.3, -0.25) is 0 Å². The average Bonchev–Trinajstić information content (AvgIpc) is 2.25. The van der Waals surface area contributed by atoms with Crippen LogP contribution in [-0.2, 0) is 6.18 Å². The summed E-state index contributed by atoms with van der Waals surface area (Å²) in [6, 6.07) is 3.46. The second-order valence-corrected chi connectivity index (χ2v) is 5.10. The quantitative estimate of drug-likeness (QED) is 0.824. The summed E-state index contributed by atoms with van der Waals surface area (Å²) < 4.78 is 38.3. The van der Waals surface area contributed by atoms with Gasteiger partial charge in [-0.1, -0.05) is 36.2 Å². The molecular weight excluding hydrogens is 330 g/mol. The van der Waals surface area contributed by atoms with Gasteiger partial charge in [-0.05, 0) is 29.7 Å². The molecule has 2 atom stereocenters. The molecule has 104 valence electrons. The van der Waals surface area contributed by atoms with Crippen LogP contribution in [-0.4, -0.2) is 0 Å². The lowest BCUT2D eigenvalue weighted by Gasteiger charge is -2.20. The normalized spacial score (nSPS) is 14.8. The lowest BCUT2D eigenvalue weighted by molar-refractivity contribution is -0.137. The van der Waals surface area contributed by atoms with Crippen molar-refractivity contribution in [2.24, 2.45) is 11.7 Å². The Morgan fingerprint density at radius 3 is 2.28 bits per heavy atom. The monoisotopic (exact) mass is 345 g/mol. The molecule has 0 heterocycles. The second kappa shape index (κ2) is 6.78. The van der Waals surface area contributed by atoms with Crippen LogP contribution >= 0.6 is 28.3 Å². The molecule has 0 spiro atoms. The molecule has 0 radical (unpaired) electrons. The van der Waals surface area contributed by atoms with Crippen molar-refractivity contribution >= 4 is 28.3 Å². The molecule has 0 aliphatic heterocycles. The summed E-state index contributed by atoms with van der Waals surface area (Å²) in [5.41, 5.74) is 5.79. The zero-order valence-electron chi connectivity index (χ0n) is 10.1. The molecule has 0 aliphatic rings. The fraction of sp³-hybridized carbons (Fsp3) is 0.500. The predicted molar refractivity (Wildman–Crippen MR) is 72.8 cm³/mol. The minimum absolute atomic E-state index is 0. The number of alkyl halides is 3. The van der Waals surface area contributed by atoms with Crippen LogP contribution in [0.3, 0.4) is 0 Å². The van der Waals surface area contributed by atoms with E-state index in [1.807, 2.05) is 13.8 Å². The summed E-state index contributed by atoms with van der Waals surface area (Å²) >= 11 is 3.09. The Hall–Kier alpha value is -0.260. The van der Waals surface area contributed by atoms with E-state index in [1.165, 1.54) is 0 Å². The number of benzene rings is 1. The van der Waals surface area contributed by atoms with Gasteiger partial charge in [-0.25, -0.2) is 0 Å². The van der Waals surface area contributed by atoms with Crippen molar-refractivity contribution in [1.82, 2.24) is 0 Å². The summed E-state index contributed by atoms with van der Waals surface area (Å²) in [6.45, 7) is 3.89. The van der Waals surface area contributed by atoms with Crippen molar-refractivity contribution in [3.05, 3.63) is 33.8 Å². The summed E-state index contributed by atoms with van der Waals surface area (Å²) in [6.07, 6.45) is -3.51. The van der Waals surface area contributed by atoms with Crippen LogP contribution in [0.4, 0.5) is 13.2 Å². The Kier molecular flexibility index (Phi) is 6.68. The molecule has 6 heteroatoms. The minimum Gasteiger partial charge on any atom is -0.324 e. The Morgan fingerprint density at radius 1 is 1.28 bits per heavy atom. The third kappa shape index (κ3) is 4.44. The molecule has 0 saturated carbocycles. The highest BCUT2D eigenvalue weighted by molar-refractivity contribution is 9.10.